The third-order valence-electron chi connectivity index (χ3n) is 4.06. The van der Waals surface area contributed by atoms with Gasteiger partial charge in [-0.1, -0.05) is 0 Å². The molecule has 136 valence electrons. The van der Waals surface area contributed by atoms with Gasteiger partial charge in [-0.15, -0.1) is 11.3 Å². The highest BCUT2D eigenvalue weighted by molar-refractivity contribution is 7.11. The molecule has 0 aliphatic carbocycles. The van der Waals surface area contributed by atoms with Crippen molar-refractivity contribution in [3.63, 3.8) is 0 Å². The van der Waals surface area contributed by atoms with E-state index in [2.05, 4.69) is 34.5 Å². The predicted molar refractivity (Wildman–Crippen MR) is 99.1 cm³/mol. The van der Waals surface area contributed by atoms with Crippen LogP contribution in [0.15, 0.2) is 4.99 Å². The molecule has 0 spiro atoms. The molecule has 2 heterocycles. The highest BCUT2D eigenvalue weighted by Crippen LogP contribution is 2.16. The second-order valence-corrected chi connectivity index (χ2v) is 7.25. The number of nitrogens with one attached hydrogen (secondary N) is 2. The molecule has 0 unspecified atom stereocenters. The third-order valence-corrected chi connectivity index (χ3v) is 5.20. The minimum absolute atomic E-state index is 0.376. The van der Waals surface area contributed by atoms with Crippen LogP contribution in [0.5, 0.6) is 0 Å². The Balaban J connectivity index is 1.53. The monoisotopic (exact) mass is 354 g/mol. The zero-order chi connectivity index (χ0) is 17.2. The van der Waals surface area contributed by atoms with Gasteiger partial charge in [-0.2, -0.15) is 0 Å². The summed E-state index contributed by atoms with van der Waals surface area (Å²) in [4.78, 5) is 10.1. The van der Waals surface area contributed by atoms with Gasteiger partial charge in [0, 0.05) is 51.3 Å². The molecule has 1 aliphatic heterocycles. The zero-order valence-electron chi connectivity index (χ0n) is 15.1. The molecule has 24 heavy (non-hydrogen) atoms. The third kappa shape index (κ3) is 6.75. The Bertz CT molecular complexity index is 493. The number of aromatic nitrogens is 1. The van der Waals surface area contributed by atoms with Crippen molar-refractivity contribution in [2.75, 3.05) is 40.0 Å². The average Bonchev–Trinajstić information content (AvgIpc) is 2.92. The number of guanidine groups is 1. The maximum absolute atomic E-state index is 5.86. The first-order chi connectivity index (χ1) is 11.7. The number of hydrogen-bond donors (Lipinski definition) is 2. The van der Waals surface area contributed by atoms with Crippen LogP contribution in [0.3, 0.4) is 0 Å². The summed E-state index contributed by atoms with van der Waals surface area (Å²) in [5, 5.41) is 7.84. The smallest absolute Gasteiger partial charge is 0.190 e. The quantitative estimate of drug-likeness (QED) is 0.425. The lowest BCUT2D eigenvalue weighted by molar-refractivity contribution is -0.0320. The first kappa shape index (κ1) is 19.1. The number of hydrogen-bond acceptors (Lipinski definition) is 5. The molecule has 0 radical (unpaired) electrons. The topological polar surface area (TPSA) is 67.8 Å². The van der Waals surface area contributed by atoms with E-state index in [4.69, 9.17) is 9.47 Å². The van der Waals surface area contributed by atoms with Crippen molar-refractivity contribution in [2.45, 2.75) is 45.6 Å². The normalized spacial score (nSPS) is 16.4. The first-order valence-corrected chi connectivity index (χ1v) is 9.57. The van der Waals surface area contributed by atoms with Crippen molar-refractivity contribution >= 4 is 17.3 Å². The van der Waals surface area contributed by atoms with Crippen molar-refractivity contribution < 1.29 is 9.47 Å². The van der Waals surface area contributed by atoms with Crippen molar-refractivity contribution in [3.05, 3.63) is 15.6 Å². The summed E-state index contributed by atoms with van der Waals surface area (Å²) in [5.41, 5.74) is 1.14. The number of rotatable bonds is 8. The maximum atomic E-state index is 5.86. The van der Waals surface area contributed by atoms with Gasteiger partial charge in [0.1, 0.15) is 0 Å². The lowest BCUT2D eigenvalue weighted by Crippen LogP contribution is -2.39. The van der Waals surface area contributed by atoms with Crippen LogP contribution in [0.4, 0.5) is 0 Å². The molecule has 1 saturated heterocycles. The SMILES string of the molecule is CN=C(NCCCOC1CCOCC1)NCCc1nc(C)c(C)s1. The van der Waals surface area contributed by atoms with Gasteiger partial charge in [-0.05, 0) is 33.1 Å². The molecule has 6 nitrogen and oxygen atoms in total. The van der Waals surface area contributed by atoms with Gasteiger partial charge in [0.2, 0.25) is 0 Å². The van der Waals surface area contributed by atoms with Crippen LogP contribution in [-0.2, 0) is 15.9 Å². The molecule has 7 heteroatoms. The molecule has 1 aromatic heterocycles. The van der Waals surface area contributed by atoms with Crippen LogP contribution in [0, 0.1) is 13.8 Å². The summed E-state index contributed by atoms with van der Waals surface area (Å²) in [5.74, 6) is 0.839. The number of aliphatic imine (C=N–C) groups is 1. The fourth-order valence-corrected chi connectivity index (χ4v) is 3.46. The van der Waals surface area contributed by atoms with Gasteiger partial charge < -0.3 is 20.1 Å². The Morgan fingerprint density at radius 1 is 1.29 bits per heavy atom. The van der Waals surface area contributed by atoms with E-state index in [9.17, 15) is 0 Å². The summed E-state index contributed by atoms with van der Waals surface area (Å²) in [6, 6.07) is 0. The number of nitrogens with zero attached hydrogens (tertiary/aromatic N) is 2. The van der Waals surface area contributed by atoms with E-state index in [0.29, 0.717) is 6.10 Å². The van der Waals surface area contributed by atoms with E-state index < -0.39 is 0 Å². The Labute approximate surface area is 149 Å². The molecule has 1 aliphatic rings. The van der Waals surface area contributed by atoms with Crippen LogP contribution >= 0.6 is 11.3 Å². The van der Waals surface area contributed by atoms with E-state index >= 15 is 0 Å². The number of thiazole rings is 1. The Morgan fingerprint density at radius 2 is 2.04 bits per heavy atom. The molecule has 0 aromatic carbocycles. The fraction of sp³-hybridized carbons (Fsp3) is 0.765. The number of ether oxygens (including phenoxy) is 2. The molecule has 2 N–H and O–H groups in total. The molecule has 2 rings (SSSR count). The Morgan fingerprint density at radius 3 is 2.71 bits per heavy atom. The van der Waals surface area contributed by atoms with Gasteiger partial charge in [0.25, 0.3) is 0 Å². The first-order valence-electron chi connectivity index (χ1n) is 8.76. The predicted octanol–water partition coefficient (Wildman–Crippen LogP) is 2.05. The van der Waals surface area contributed by atoms with E-state index in [1.54, 1.807) is 18.4 Å². The molecule has 1 aromatic rings. The molecule has 0 bridgehead atoms. The maximum Gasteiger partial charge on any atom is 0.190 e. The van der Waals surface area contributed by atoms with Crippen molar-refractivity contribution in [1.82, 2.24) is 15.6 Å². The zero-order valence-corrected chi connectivity index (χ0v) is 15.9. The molecule has 0 saturated carbocycles. The largest absolute Gasteiger partial charge is 0.381 e. The van der Waals surface area contributed by atoms with Crippen molar-refractivity contribution in [3.8, 4) is 0 Å². The molecular formula is C17H30N4O2S. The van der Waals surface area contributed by atoms with E-state index in [1.165, 1.54) is 9.88 Å². The van der Waals surface area contributed by atoms with Crippen LogP contribution in [0.25, 0.3) is 0 Å². The molecule has 0 atom stereocenters. The molecular weight excluding hydrogens is 324 g/mol. The van der Waals surface area contributed by atoms with Gasteiger partial charge in [0.15, 0.2) is 5.96 Å². The minimum atomic E-state index is 0.376. The van der Waals surface area contributed by atoms with Crippen molar-refractivity contribution in [2.24, 2.45) is 4.99 Å². The second-order valence-electron chi connectivity index (χ2n) is 5.96. The van der Waals surface area contributed by atoms with Gasteiger partial charge in [-0.3, -0.25) is 4.99 Å². The summed E-state index contributed by atoms with van der Waals surface area (Å²) in [7, 11) is 1.80. The molecule has 0 amide bonds. The van der Waals surface area contributed by atoms with Crippen LogP contribution < -0.4 is 10.6 Å². The highest BCUT2D eigenvalue weighted by atomic mass is 32.1. The summed E-state index contributed by atoms with van der Waals surface area (Å²) in [6.07, 6.45) is 4.32. The lowest BCUT2D eigenvalue weighted by atomic mass is 10.1. The summed E-state index contributed by atoms with van der Waals surface area (Å²) >= 11 is 1.77. The van der Waals surface area contributed by atoms with Crippen LogP contribution in [-0.4, -0.2) is 57.0 Å². The van der Waals surface area contributed by atoms with Crippen molar-refractivity contribution in [1.29, 1.82) is 0 Å². The Hall–Kier alpha value is -1.18. The fourth-order valence-electron chi connectivity index (χ4n) is 2.53. The van der Waals surface area contributed by atoms with E-state index in [0.717, 1.165) is 70.2 Å². The average molecular weight is 355 g/mol. The minimum Gasteiger partial charge on any atom is -0.381 e. The van der Waals surface area contributed by atoms with E-state index in [1.807, 2.05) is 0 Å². The second kappa shape index (κ2) is 10.6. The standard InChI is InChI=1S/C17H30N4O2S/c1-13-14(2)24-16(21-13)5-9-20-17(18-3)19-8-4-10-23-15-6-11-22-12-7-15/h15H,4-12H2,1-3H3,(H2,18,19,20). The summed E-state index contributed by atoms with van der Waals surface area (Å²) < 4.78 is 11.2. The van der Waals surface area contributed by atoms with Gasteiger partial charge in [-0.25, -0.2) is 4.98 Å². The van der Waals surface area contributed by atoms with E-state index in [-0.39, 0.29) is 0 Å². The van der Waals surface area contributed by atoms with Gasteiger partial charge in [0.05, 0.1) is 16.8 Å². The van der Waals surface area contributed by atoms with Gasteiger partial charge >= 0.3 is 0 Å². The molecule has 1 fully saturated rings. The van der Waals surface area contributed by atoms with Crippen LogP contribution in [0.1, 0.15) is 34.8 Å². The number of aryl methyl sites for hydroxylation is 2. The lowest BCUT2D eigenvalue weighted by Gasteiger charge is -2.22. The summed E-state index contributed by atoms with van der Waals surface area (Å²) in [6.45, 7) is 8.32. The van der Waals surface area contributed by atoms with Crippen LogP contribution in [0.2, 0.25) is 0 Å². The highest BCUT2D eigenvalue weighted by Gasteiger charge is 2.13. The Kier molecular flexibility index (Phi) is 8.49.